The largest absolute Gasteiger partial charge is 0.452 e. The van der Waals surface area contributed by atoms with E-state index >= 15 is 0 Å². The lowest BCUT2D eigenvalue weighted by Crippen LogP contribution is -2.33. The number of carbonyl (C=O) groups is 2. The number of carbonyl (C=O) groups excluding carboxylic acids is 2. The second kappa shape index (κ2) is 7.62. The maximum absolute atomic E-state index is 12.5. The molecule has 0 N–H and O–H groups in total. The third-order valence-electron chi connectivity index (χ3n) is 4.06. The number of hydrogen-bond donors (Lipinski definition) is 0. The third kappa shape index (κ3) is 3.58. The molecular formula is C20H18ClNO4. The summed E-state index contributed by atoms with van der Waals surface area (Å²) in [5.41, 5.74) is 1.12. The van der Waals surface area contributed by atoms with E-state index in [-0.39, 0.29) is 11.5 Å². The minimum atomic E-state index is -0.439. The van der Waals surface area contributed by atoms with E-state index in [0.29, 0.717) is 40.7 Å². The number of fused-ring (bicyclic) bond motifs is 1. The predicted octanol–water partition coefficient (Wildman–Crippen LogP) is 4.80. The van der Waals surface area contributed by atoms with Gasteiger partial charge in [0, 0.05) is 24.2 Å². The monoisotopic (exact) mass is 371 g/mol. The average Bonchev–Trinajstić information content (AvgIpc) is 2.93. The normalized spacial score (nSPS) is 14.1. The Labute approximate surface area is 156 Å². The first-order valence-electron chi connectivity index (χ1n) is 8.33. The van der Waals surface area contributed by atoms with Gasteiger partial charge in [0.1, 0.15) is 11.5 Å². The SMILES string of the molecule is CCN(CC)C(=O)Oc1ccc2c(c1)O/C(=C\c1ccccc1Cl)C2=O. The van der Waals surface area contributed by atoms with E-state index in [1.54, 1.807) is 41.3 Å². The summed E-state index contributed by atoms with van der Waals surface area (Å²) in [7, 11) is 0. The van der Waals surface area contributed by atoms with Crippen LogP contribution in [0.5, 0.6) is 11.5 Å². The number of amides is 1. The molecule has 3 rings (SSSR count). The van der Waals surface area contributed by atoms with Gasteiger partial charge in [-0.15, -0.1) is 0 Å². The van der Waals surface area contributed by atoms with E-state index in [9.17, 15) is 9.59 Å². The molecule has 0 aromatic heterocycles. The van der Waals surface area contributed by atoms with Crippen LogP contribution in [0.2, 0.25) is 5.02 Å². The molecule has 0 bridgehead atoms. The van der Waals surface area contributed by atoms with Crippen LogP contribution in [0, 0.1) is 0 Å². The molecule has 0 radical (unpaired) electrons. The van der Waals surface area contributed by atoms with Gasteiger partial charge in [-0.25, -0.2) is 4.79 Å². The summed E-state index contributed by atoms with van der Waals surface area (Å²) in [6.45, 7) is 4.86. The van der Waals surface area contributed by atoms with Gasteiger partial charge in [-0.3, -0.25) is 4.79 Å². The van der Waals surface area contributed by atoms with Crippen molar-refractivity contribution in [3.63, 3.8) is 0 Å². The molecule has 5 nitrogen and oxygen atoms in total. The fourth-order valence-corrected chi connectivity index (χ4v) is 2.80. The van der Waals surface area contributed by atoms with E-state index < -0.39 is 6.09 Å². The molecule has 6 heteroatoms. The van der Waals surface area contributed by atoms with Crippen molar-refractivity contribution in [1.29, 1.82) is 0 Å². The number of allylic oxidation sites excluding steroid dienone is 1. The highest BCUT2D eigenvalue weighted by atomic mass is 35.5. The van der Waals surface area contributed by atoms with Crippen LogP contribution >= 0.6 is 11.6 Å². The summed E-state index contributed by atoms with van der Waals surface area (Å²) in [6.07, 6.45) is 1.16. The fraction of sp³-hybridized carbons (Fsp3) is 0.200. The average molecular weight is 372 g/mol. The number of ketones is 1. The van der Waals surface area contributed by atoms with Gasteiger partial charge in [0.2, 0.25) is 5.78 Å². The summed E-state index contributed by atoms with van der Waals surface area (Å²) in [4.78, 5) is 26.1. The van der Waals surface area contributed by atoms with Crippen LogP contribution in [-0.2, 0) is 0 Å². The molecule has 1 heterocycles. The molecule has 0 aliphatic carbocycles. The molecule has 2 aromatic rings. The quantitative estimate of drug-likeness (QED) is 0.724. The number of ether oxygens (including phenoxy) is 2. The van der Waals surface area contributed by atoms with Gasteiger partial charge in [-0.2, -0.15) is 0 Å². The van der Waals surface area contributed by atoms with Crippen LogP contribution in [-0.4, -0.2) is 29.9 Å². The summed E-state index contributed by atoms with van der Waals surface area (Å²) >= 11 is 6.13. The number of halogens is 1. The van der Waals surface area contributed by atoms with Crippen molar-refractivity contribution in [2.75, 3.05) is 13.1 Å². The van der Waals surface area contributed by atoms with Gasteiger partial charge < -0.3 is 14.4 Å². The van der Waals surface area contributed by atoms with E-state index in [1.807, 2.05) is 26.0 Å². The zero-order chi connectivity index (χ0) is 18.7. The van der Waals surface area contributed by atoms with Crippen molar-refractivity contribution in [2.24, 2.45) is 0 Å². The molecule has 0 fully saturated rings. The molecular weight excluding hydrogens is 354 g/mol. The number of benzene rings is 2. The first-order valence-corrected chi connectivity index (χ1v) is 8.70. The van der Waals surface area contributed by atoms with Crippen LogP contribution < -0.4 is 9.47 Å². The summed E-state index contributed by atoms with van der Waals surface area (Å²) in [5, 5.41) is 0.529. The smallest absolute Gasteiger partial charge is 0.415 e. The fourth-order valence-electron chi connectivity index (χ4n) is 2.61. The summed E-state index contributed by atoms with van der Waals surface area (Å²) < 4.78 is 11.0. The topological polar surface area (TPSA) is 55.8 Å². The van der Waals surface area contributed by atoms with E-state index in [1.165, 1.54) is 0 Å². The Morgan fingerprint density at radius 1 is 1.19 bits per heavy atom. The van der Waals surface area contributed by atoms with Crippen LogP contribution in [0.3, 0.4) is 0 Å². The number of nitrogens with zero attached hydrogens (tertiary/aromatic N) is 1. The Kier molecular flexibility index (Phi) is 5.28. The number of rotatable bonds is 4. The Bertz CT molecular complexity index is 887. The van der Waals surface area contributed by atoms with Crippen molar-refractivity contribution >= 4 is 29.6 Å². The minimum Gasteiger partial charge on any atom is -0.452 e. The third-order valence-corrected chi connectivity index (χ3v) is 4.40. The maximum Gasteiger partial charge on any atom is 0.415 e. The molecule has 0 saturated carbocycles. The second-order valence-corrected chi connectivity index (χ2v) is 6.07. The van der Waals surface area contributed by atoms with Gasteiger partial charge in [0.25, 0.3) is 0 Å². The molecule has 1 aliphatic rings. The molecule has 1 amide bonds. The van der Waals surface area contributed by atoms with Gasteiger partial charge in [-0.05, 0) is 43.7 Å². The Morgan fingerprint density at radius 2 is 1.92 bits per heavy atom. The highest BCUT2D eigenvalue weighted by Gasteiger charge is 2.28. The molecule has 1 aliphatic heterocycles. The van der Waals surface area contributed by atoms with Gasteiger partial charge in [0.15, 0.2) is 5.76 Å². The maximum atomic E-state index is 12.5. The highest BCUT2D eigenvalue weighted by Crippen LogP contribution is 2.35. The number of hydrogen-bond acceptors (Lipinski definition) is 4. The second-order valence-electron chi connectivity index (χ2n) is 5.66. The Balaban J connectivity index is 1.82. The van der Waals surface area contributed by atoms with Crippen LogP contribution in [0.4, 0.5) is 4.79 Å². The summed E-state index contributed by atoms with van der Waals surface area (Å²) in [6, 6.07) is 11.9. The first-order chi connectivity index (χ1) is 12.5. The van der Waals surface area contributed by atoms with Crippen molar-refractivity contribution in [1.82, 2.24) is 4.90 Å². The van der Waals surface area contributed by atoms with Gasteiger partial charge in [-0.1, -0.05) is 29.8 Å². The lowest BCUT2D eigenvalue weighted by molar-refractivity contribution is 0.101. The predicted molar refractivity (Wildman–Crippen MR) is 99.8 cm³/mol. The van der Waals surface area contributed by atoms with Crippen molar-refractivity contribution in [2.45, 2.75) is 13.8 Å². The molecule has 0 spiro atoms. The molecule has 2 aromatic carbocycles. The molecule has 0 unspecified atom stereocenters. The molecule has 134 valence electrons. The highest BCUT2D eigenvalue weighted by molar-refractivity contribution is 6.32. The zero-order valence-corrected chi connectivity index (χ0v) is 15.2. The van der Waals surface area contributed by atoms with Crippen LogP contribution in [0.1, 0.15) is 29.8 Å². The number of Topliss-reactive ketones (excluding diaryl/α,β-unsaturated/α-hetero) is 1. The zero-order valence-electron chi connectivity index (χ0n) is 14.5. The van der Waals surface area contributed by atoms with Crippen LogP contribution in [0.15, 0.2) is 48.2 Å². The molecule has 0 atom stereocenters. The molecule has 26 heavy (non-hydrogen) atoms. The van der Waals surface area contributed by atoms with E-state index in [2.05, 4.69) is 0 Å². The van der Waals surface area contributed by atoms with Crippen molar-refractivity contribution < 1.29 is 19.1 Å². The van der Waals surface area contributed by atoms with Crippen molar-refractivity contribution in [3.8, 4) is 11.5 Å². The van der Waals surface area contributed by atoms with Crippen molar-refractivity contribution in [3.05, 3.63) is 64.4 Å². The standard InChI is InChI=1S/C20H18ClNO4/c1-3-22(4-2)20(24)25-14-9-10-15-17(12-14)26-18(19(15)23)11-13-7-5-6-8-16(13)21/h5-12H,3-4H2,1-2H3/b18-11-. The Hall–Kier alpha value is -2.79. The molecule has 0 saturated heterocycles. The van der Waals surface area contributed by atoms with E-state index in [4.69, 9.17) is 21.1 Å². The lowest BCUT2D eigenvalue weighted by Gasteiger charge is -2.17. The van der Waals surface area contributed by atoms with E-state index in [0.717, 1.165) is 0 Å². The van der Waals surface area contributed by atoms with Crippen LogP contribution in [0.25, 0.3) is 6.08 Å². The minimum absolute atomic E-state index is 0.181. The first kappa shape index (κ1) is 18.0. The lowest BCUT2D eigenvalue weighted by atomic mass is 10.1. The Morgan fingerprint density at radius 3 is 2.62 bits per heavy atom. The summed E-state index contributed by atoms with van der Waals surface area (Å²) in [5.74, 6) is 0.632. The van der Waals surface area contributed by atoms with Gasteiger partial charge in [0.05, 0.1) is 5.56 Å². The van der Waals surface area contributed by atoms with Gasteiger partial charge >= 0.3 is 6.09 Å².